The van der Waals surface area contributed by atoms with Crippen LogP contribution in [0.1, 0.15) is 12.5 Å². The van der Waals surface area contributed by atoms with E-state index < -0.39 is 24.1 Å². The van der Waals surface area contributed by atoms with Gasteiger partial charge in [0.05, 0.1) is 5.69 Å². The summed E-state index contributed by atoms with van der Waals surface area (Å²) in [7, 11) is 1.36. The molecule has 0 bridgehead atoms. The smallest absolute Gasteiger partial charge is 0.407 e. The lowest BCUT2D eigenvalue weighted by molar-refractivity contribution is -0.142. The number of nitrogens with zero attached hydrogens (tertiary/aromatic N) is 2. The molecule has 180 valence electrons. The molecule has 1 unspecified atom stereocenters. The fraction of sp³-hybridized carbons (Fsp3) is 0.222. The van der Waals surface area contributed by atoms with E-state index in [2.05, 4.69) is 5.32 Å². The van der Waals surface area contributed by atoms with Crippen LogP contribution in [0.3, 0.4) is 0 Å². The van der Waals surface area contributed by atoms with Gasteiger partial charge in [-0.05, 0) is 41.8 Å². The van der Waals surface area contributed by atoms with Crippen molar-refractivity contribution in [2.75, 3.05) is 18.1 Å². The van der Waals surface area contributed by atoms with Gasteiger partial charge in [-0.25, -0.2) is 4.79 Å². The van der Waals surface area contributed by atoms with E-state index in [9.17, 15) is 19.5 Å². The normalized spacial score (nSPS) is 15.8. The van der Waals surface area contributed by atoms with Gasteiger partial charge in [-0.1, -0.05) is 60.7 Å². The molecule has 3 aromatic rings. The lowest BCUT2D eigenvalue weighted by Gasteiger charge is -2.34. The molecule has 0 fully saturated rings. The molecule has 1 aliphatic heterocycles. The van der Waals surface area contributed by atoms with Crippen molar-refractivity contribution in [2.24, 2.45) is 0 Å². The minimum absolute atomic E-state index is 0.173. The van der Waals surface area contributed by atoms with E-state index in [-0.39, 0.29) is 12.5 Å². The van der Waals surface area contributed by atoms with Crippen LogP contribution < -0.4 is 5.32 Å². The minimum atomic E-state index is -1.20. The summed E-state index contributed by atoms with van der Waals surface area (Å²) in [6.07, 6.45) is -1.20. The summed E-state index contributed by atoms with van der Waals surface area (Å²) in [6.45, 7) is 1.71. The van der Waals surface area contributed by atoms with E-state index in [0.29, 0.717) is 11.4 Å². The molecule has 3 aromatic carbocycles. The maximum Gasteiger partial charge on any atom is 0.407 e. The zero-order valence-corrected chi connectivity index (χ0v) is 20.4. The molecule has 2 N–H and O–H groups in total. The molecule has 7 nitrogen and oxygen atoms in total. The number of carbonyl (C=O) groups excluding carboxylic acids is 2. The molecule has 0 saturated carbocycles. The number of fused-ring (bicyclic) bond motifs is 1. The largest absolute Gasteiger partial charge is 0.465 e. The summed E-state index contributed by atoms with van der Waals surface area (Å²) in [5.74, 6) is -0.358. The van der Waals surface area contributed by atoms with Gasteiger partial charge in [-0.15, -0.1) is 11.8 Å². The number of amides is 3. The van der Waals surface area contributed by atoms with Crippen LogP contribution in [0.4, 0.5) is 10.5 Å². The molecular weight excluding hydrogens is 462 g/mol. The molecule has 3 amide bonds. The van der Waals surface area contributed by atoms with E-state index in [4.69, 9.17) is 0 Å². The molecule has 0 aromatic heterocycles. The highest BCUT2D eigenvalue weighted by atomic mass is 32.2. The summed E-state index contributed by atoms with van der Waals surface area (Å²) < 4.78 is 0. The third kappa shape index (κ3) is 5.49. The number of hydrogen-bond acceptors (Lipinski definition) is 4. The van der Waals surface area contributed by atoms with E-state index in [1.165, 1.54) is 23.7 Å². The van der Waals surface area contributed by atoms with Crippen LogP contribution in [-0.4, -0.2) is 57.7 Å². The van der Waals surface area contributed by atoms with Gasteiger partial charge in [-0.3, -0.25) is 14.5 Å². The first-order valence-electron chi connectivity index (χ1n) is 11.3. The number of carbonyl (C=O) groups is 3. The van der Waals surface area contributed by atoms with Crippen molar-refractivity contribution in [2.45, 2.75) is 30.4 Å². The summed E-state index contributed by atoms with van der Waals surface area (Å²) in [5.41, 5.74) is 3.60. The molecule has 35 heavy (non-hydrogen) atoms. The average Bonchev–Trinajstić information content (AvgIpc) is 3.04. The highest BCUT2D eigenvalue weighted by molar-refractivity contribution is 7.99. The Morgan fingerprint density at radius 1 is 1.03 bits per heavy atom. The Bertz CT molecular complexity index is 1230. The predicted octanol–water partition coefficient (Wildman–Crippen LogP) is 4.79. The molecule has 4 rings (SSSR count). The van der Waals surface area contributed by atoms with E-state index >= 15 is 0 Å². The Hall–Kier alpha value is -3.78. The first-order valence-corrected chi connectivity index (χ1v) is 12.3. The van der Waals surface area contributed by atoms with Gasteiger partial charge in [0.25, 0.3) is 0 Å². The number of carboxylic acid groups (broad SMARTS) is 1. The highest BCUT2D eigenvalue weighted by Crippen LogP contribution is 2.32. The zero-order valence-electron chi connectivity index (χ0n) is 19.5. The Balaban J connectivity index is 1.67. The predicted molar refractivity (Wildman–Crippen MR) is 137 cm³/mol. The number of anilines is 1. The molecule has 0 aliphatic carbocycles. The number of hydrogen-bond donors (Lipinski definition) is 2. The van der Waals surface area contributed by atoms with Crippen LogP contribution in [0.15, 0.2) is 83.8 Å². The van der Waals surface area contributed by atoms with Crippen LogP contribution >= 0.6 is 11.8 Å². The highest BCUT2D eigenvalue weighted by Gasteiger charge is 2.36. The van der Waals surface area contributed by atoms with Crippen molar-refractivity contribution < 1.29 is 19.5 Å². The molecule has 8 heteroatoms. The van der Waals surface area contributed by atoms with Crippen LogP contribution in [-0.2, 0) is 16.1 Å². The van der Waals surface area contributed by atoms with Crippen LogP contribution in [0, 0.1) is 0 Å². The van der Waals surface area contributed by atoms with Gasteiger partial charge in [0.1, 0.15) is 12.1 Å². The number of benzene rings is 3. The average molecular weight is 490 g/mol. The van der Waals surface area contributed by atoms with E-state index in [1.54, 1.807) is 6.92 Å². The van der Waals surface area contributed by atoms with Crippen LogP contribution in [0.5, 0.6) is 0 Å². The summed E-state index contributed by atoms with van der Waals surface area (Å²) >= 11 is 1.50. The van der Waals surface area contributed by atoms with Gasteiger partial charge in [0.2, 0.25) is 11.8 Å². The van der Waals surface area contributed by atoms with Crippen molar-refractivity contribution >= 4 is 35.4 Å². The number of thioether (sulfide) groups is 1. The van der Waals surface area contributed by atoms with E-state index in [1.807, 2.05) is 78.9 Å². The summed E-state index contributed by atoms with van der Waals surface area (Å²) in [6, 6.07) is 23.5. The third-order valence-corrected chi connectivity index (χ3v) is 7.28. The first-order chi connectivity index (χ1) is 16.8. The van der Waals surface area contributed by atoms with Gasteiger partial charge < -0.3 is 15.3 Å². The minimum Gasteiger partial charge on any atom is -0.465 e. The maximum absolute atomic E-state index is 13.6. The van der Waals surface area contributed by atoms with Crippen LogP contribution in [0.25, 0.3) is 11.1 Å². The maximum atomic E-state index is 13.6. The van der Waals surface area contributed by atoms with E-state index in [0.717, 1.165) is 26.5 Å². The monoisotopic (exact) mass is 489 g/mol. The van der Waals surface area contributed by atoms with Crippen molar-refractivity contribution in [1.82, 2.24) is 9.80 Å². The molecule has 0 saturated heterocycles. The second kappa shape index (κ2) is 10.7. The van der Waals surface area contributed by atoms with Crippen molar-refractivity contribution in [1.29, 1.82) is 0 Å². The second-order valence-electron chi connectivity index (χ2n) is 8.41. The van der Waals surface area contributed by atoms with Crippen molar-refractivity contribution in [3.63, 3.8) is 0 Å². The number of rotatable bonds is 6. The van der Waals surface area contributed by atoms with Gasteiger partial charge in [0, 0.05) is 24.2 Å². The zero-order chi connectivity index (χ0) is 24.9. The lowest BCUT2D eigenvalue weighted by Crippen LogP contribution is -2.54. The third-order valence-electron chi connectivity index (χ3n) is 6.13. The van der Waals surface area contributed by atoms with Gasteiger partial charge in [-0.2, -0.15) is 0 Å². The fourth-order valence-corrected chi connectivity index (χ4v) is 5.10. The lowest BCUT2D eigenvalue weighted by atomic mass is 10.0. The van der Waals surface area contributed by atoms with Crippen LogP contribution in [0.2, 0.25) is 0 Å². The van der Waals surface area contributed by atoms with Gasteiger partial charge >= 0.3 is 6.09 Å². The Kier molecular flexibility index (Phi) is 7.41. The first kappa shape index (κ1) is 24.3. The van der Waals surface area contributed by atoms with Gasteiger partial charge in [0.15, 0.2) is 0 Å². The molecule has 2 atom stereocenters. The molecule has 0 radical (unpaired) electrons. The Morgan fingerprint density at radius 2 is 1.71 bits per heavy atom. The Labute approximate surface area is 208 Å². The summed E-state index contributed by atoms with van der Waals surface area (Å²) in [4.78, 5) is 41.8. The second-order valence-corrected chi connectivity index (χ2v) is 9.48. The molecule has 1 heterocycles. The Morgan fingerprint density at radius 3 is 2.46 bits per heavy atom. The number of para-hydroxylation sites is 1. The fourth-order valence-electron chi connectivity index (χ4n) is 3.98. The summed E-state index contributed by atoms with van der Waals surface area (Å²) in [5, 5.41) is 12.4. The molecular formula is C27H27N3O4S. The topological polar surface area (TPSA) is 90.0 Å². The molecule has 0 spiro atoms. The number of likely N-dealkylation sites (N-methyl/N-ethyl adjacent to an activating group) is 1. The molecule has 1 aliphatic rings. The SMILES string of the molecule is C[C@@H](C(=O)N(Cc1cccc(-c2ccccc2)c1)C1CSc2ccccc2NC1=O)N(C)C(=O)O. The van der Waals surface area contributed by atoms with Crippen molar-refractivity contribution in [3.8, 4) is 11.1 Å². The quantitative estimate of drug-likeness (QED) is 0.520. The van der Waals surface area contributed by atoms with Crippen molar-refractivity contribution in [3.05, 3.63) is 84.4 Å². The number of nitrogens with one attached hydrogen (secondary N) is 1. The standard InChI is InChI=1S/C27H27N3O4S/c1-18(29(2)27(33)34)26(32)30(23-17-35-24-14-7-6-13-22(24)28-25(23)31)16-19-9-8-12-21(15-19)20-10-4-3-5-11-20/h3-15,18,23H,16-17H2,1-2H3,(H,28,31)(H,33,34)/t18-,23?/m0/s1.